The first-order valence-electron chi connectivity index (χ1n) is 11.7. The number of hydrogen-bond acceptors (Lipinski definition) is 6. The second kappa shape index (κ2) is 10.9. The molecule has 2 aromatic heterocycles. The predicted octanol–water partition coefficient (Wildman–Crippen LogP) is 3.07. The van der Waals surface area contributed by atoms with Crippen LogP contribution in [0.25, 0.3) is 16.9 Å². The number of nitrogens with one attached hydrogen (secondary N) is 2. The van der Waals surface area contributed by atoms with Crippen molar-refractivity contribution in [1.29, 1.82) is 5.26 Å². The minimum Gasteiger partial charge on any atom is -0.490 e. The Hall–Kier alpha value is -4.42. The first-order valence-corrected chi connectivity index (χ1v) is 11.7. The largest absolute Gasteiger partial charge is 0.490 e. The predicted molar refractivity (Wildman–Crippen MR) is 135 cm³/mol. The molecule has 4 aromatic rings. The molecule has 9 nitrogen and oxygen atoms in total. The molecule has 0 saturated carbocycles. The molecule has 9 heteroatoms. The SMILES string of the molecule is CC(C)Oc1ccc(C(=O)N[C@H](CCO)Cc2ccc(-c3cn4cc[nH]c(=O)c4n3)cc2)cc1C#N. The first kappa shape index (κ1) is 24.7. The first-order chi connectivity index (χ1) is 17.4. The highest BCUT2D eigenvalue weighted by atomic mass is 16.5. The van der Waals surface area contributed by atoms with Gasteiger partial charge in [-0.3, -0.25) is 9.59 Å². The Morgan fingerprint density at radius 1 is 1.25 bits per heavy atom. The molecule has 3 N–H and O–H groups in total. The molecule has 0 unspecified atom stereocenters. The minimum absolute atomic E-state index is 0.0799. The van der Waals surface area contributed by atoms with E-state index in [4.69, 9.17) is 4.74 Å². The summed E-state index contributed by atoms with van der Waals surface area (Å²) in [4.78, 5) is 31.8. The lowest BCUT2D eigenvalue weighted by Crippen LogP contribution is -2.37. The molecular weight excluding hydrogens is 458 g/mol. The topological polar surface area (TPSA) is 133 Å². The van der Waals surface area contributed by atoms with E-state index < -0.39 is 0 Å². The average Bonchev–Trinajstić information content (AvgIpc) is 3.30. The number of aromatic nitrogens is 3. The number of benzene rings is 2. The molecule has 0 spiro atoms. The van der Waals surface area contributed by atoms with Crippen LogP contribution in [0.1, 0.15) is 41.8 Å². The fraction of sp³-hybridized carbons (Fsp3) is 0.259. The summed E-state index contributed by atoms with van der Waals surface area (Å²) in [6.07, 6.45) is 5.89. The molecule has 2 heterocycles. The molecule has 0 fully saturated rings. The second-order valence-corrected chi connectivity index (χ2v) is 8.72. The van der Waals surface area contributed by atoms with Crippen LogP contribution in [-0.2, 0) is 6.42 Å². The van der Waals surface area contributed by atoms with Crippen molar-refractivity contribution in [2.45, 2.75) is 38.8 Å². The molecule has 1 amide bonds. The minimum atomic E-state index is -0.326. The van der Waals surface area contributed by atoms with Gasteiger partial charge in [-0.05, 0) is 50.5 Å². The van der Waals surface area contributed by atoms with E-state index in [1.165, 1.54) is 6.07 Å². The number of nitriles is 1. The van der Waals surface area contributed by atoms with Crippen LogP contribution in [-0.4, -0.2) is 44.1 Å². The maximum Gasteiger partial charge on any atom is 0.291 e. The number of aromatic amines is 1. The number of aliphatic hydroxyl groups is 1. The molecule has 2 aromatic carbocycles. The molecule has 0 radical (unpaired) electrons. The van der Waals surface area contributed by atoms with Crippen LogP contribution >= 0.6 is 0 Å². The molecule has 0 aliphatic heterocycles. The zero-order valence-corrected chi connectivity index (χ0v) is 20.1. The van der Waals surface area contributed by atoms with Crippen LogP contribution in [0.5, 0.6) is 5.75 Å². The Morgan fingerprint density at radius 3 is 2.69 bits per heavy atom. The smallest absolute Gasteiger partial charge is 0.291 e. The molecule has 4 rings (SSSR count). The van der Waals surface area contributed by atoms with Crippen LogP contribution in [0.4, 0.5) is 0 Å². The number of nitrogens with zero attached hydrogens (tertiary/aromatic N) is 3. The Bertz CT molecular complexity index is 1460. The van der Waals surface area contributed by atoms with E-state index in [1.54, 1.807) is 35.1 Å². The number of amides is 1. The normalized spacial score (nSPS) is 11.9. The zero-order valence-electron chi connectivity index (χ0n) is 20.1. The van der Waals surface area contributed by atoms with Gasteiger partial charge < -0.3 is 24.5 Å². The lowest BCUT2D eigenvalue weighted by atomic mass is 10.0. The quantitative estimate of drug-likeness (QED) is 0.334. The van der Waals surface area contributed by atoms with Crippen molar-refractivity contribution in [2.75, 3.05) is 6.61 Å². The fourth-order valence-electron chi connectivity index (χ4n) is 3.93. The number of H-pyrrole nitrogens is 1. The summed E-state index contributed by atoms with van der Waals surface area (Å²) in [5.41, 5.74) is 3.21. The van der Waals surface area contributed by atoms with Gasteiger partial charge in [0, 0.05) is 42.4 Å². The number of imidazole rings is 1. The number of ether oxygens (including phenoxy) is 1. The van der Waals surface area contributed by atoms with Gasteiger partial charge in [0.05, 0.1) is 17.4 Å². The van der Waals surface area contributed by atoms with Gasteiger partial charge in [0.25, 0.3) is 11.5 Å². The third kappa shape index (κ3) is 5.62. The van der Waals surface area contributed by atoms with E-state index in [1.807, 2.05) is 38.1 Å². The lowest BCUT2D eigenvalue weighted by molar-refractivity contribution is 0.0930. The number of aliphatic hydroxyl groups excluding tert-OH is 1. The van der Waals surface area contributed by atoms with Gasteiger partial charge in [0.15, 0.2) is 0 Å². The number of hydrogen-bond donors (Lipinski definition) is 3. The van der Waals surface area contributed by atoms with Crippen LogP contribution in [0, 0.1) is 11.3 Å². The number of rotatable bonds is 9. The van der Waals surface area contributed by atoms with E-state index in [0.29, 0.717) is 41.1 Å². The van der Waals surface area contributed by atoms with Crippen molar-refractivity contribution in [1.82, 2.24) is 19.7 Å². The van der Waals surface area contributed by atoms with Gasteiger partial charge >= 0.3 is 0 Å². The number of carbonyl (C=O) groups is 1. The molecule has 0 aliphatic carbocycles. The summed E-state index contributed by atoms with van der Waals surface area (Å²) >= 11 is 0. The average molecular weight is 486 g/mol. The summed E-state index contributed by atoms with van der Waals surface area (Å²) in [7, 11) is 0. The van der Waals surface area contributed by atoms with Crippen LogP contribution in [0.2, 0.25) is 0 Å². The van der Waals surface area contributed by atoms with E-state index in [2.05, 4.69) is 21.4 Å². The molecule has 184 valence electrons. The van der Waals surface area contributed by atoms with E-state index in [0.717, 1.165) is 11.1 Å². The summed E-state index contributed by atoms with van der Waals surface area (Å²) < 4.78 is 7.30. The highest BCUT2D eigenvalue weighted by molar-refractivity contribution is 5.95. The van der Waals surface area contributed by atoms with Crippen molar-refractivity contribution in [3.8, 4) is 23.1 Å². The number of fused-ring (bicyclic) bond motifs is 1. The van der Waals surface area contributed by atoms with Crippen molar-refractivity contribution in [3.05, 3.63) is 88.1 Å². The molecule has 1 atom stereocenters. The van der Waals surface area contributed by atoms with Crippen molar-refractivity contribution in [3.63, 3.8) is 0 Å². The van der Waals surface area contributed by atoms with Crippen molar-refractivity contribution < 1.29 is 14.6 Å². The van der Waals surface area contributed by atoms with Crippen LogP contribution in [0.3, 0.4) is 0 Å². The van der Waals surface area contributed by atoms with E-state index >= 15 is 0 Å². The van der Waals surface area contributed by atoms with Gasteiger partial charge in [-0.1, -0.05) is 24.3 Å². The van der Waals surface area contributed by atoms with Crippen molar-refractivity contribution in [2.24, 2.45) is 0 Å². The summed E-state index contributed by atoms with van der Waals surface area (Å²) in [5, 5.41) is 21.9. The summed E-state index contributed by atoms with van der Waals surface area (Å²) in [6.45, 7) is 3.65. The maximum absolute atomic E-state index is 12.9. The zero-order chi connectivity index (χ0) is 25.7. The van der Waals surface area contributed by atoms with Gasteiger partial charge in [0.2, 0.25) is 5.65 Å². The molecule has 0 saturated heterocycles. The maximum atomic E-state index is 12.9. The van der Waals surface area contributed by atoms with Crippen molar-refractivity contribution >= 4 is 11.6 Å². The Kier molecular flexibility index (Phi) is 7.47. The third-order valence-corrected chi connectivity index (χ3v) is 5.65. The van der Waals surface area contributed by atoms with E-state index in [9.17, 15) is 20.0 Å². The van der Waals surface area contributed by atoms with Crippen LogP contribution < -0.4 is 15.6 Å². The highest BCUT2D eigenvalue weighted by Gasteiger charge is 2.17. The van der Waals surface area contributed by atoms with Gasteiger partial charge in [0.1, 0.15) is 11.8 Å². The molecule has 36 heavy (non-hydrogen) atoms. The number of carbonyl (C=O) groups excluding carboxylic acids is 1. The second-order valence-electron chi connectivity index (χ2n) is 8.72. The van der Waals surface area contributed by atoms with Gasteiger partial charge in [-0.15, -0.1) is 0 Å². The van der Waals surface area contributed by atoms with E-state index in [-0.39, 0.29) is 30.2 Å². The molecule has 0 bridgehead atoms. The lowest BCUT2D eigenvalue weighted by Gasteiger charge is -2.19. The Morgan fingerprint density at radius 2 is 2.03 bits per heavy atom. The fourth-order valence-corrected chi connectivity index (χ4v) is 3.93. The Balaban J connectivity index is 1.47. The van der Waals surface area contributed by atoms with Gasteiger partial charge in [-0.25, -0.2) is 4.98 Å². The summed E-state index contributed by atoms with van der Waals surface area (Å²) in [6, 6.07) is 14.2. The highest BCUT2D eigenvalue weighted by Crippen LogP contribution is 2.22. The third-order valence-electron chi connectivity index (χ3n) is 5.65. The summed E-state index contributed by atoms with van der Waals surface area (Å²) in [5.74, 6) is 0.110. The standard InChI is InChI=1S/C27H27N5O4/c1-17(2)36-24-8-7-20(14-21(24)15-28)26(34)30-22(9-12-33)13-18-3-5-19(6-4-18)23-16-32-11-10-29-27(35)25(32)31-23/h3-8,10-11,14,16-17,22,33H,9,12-13H2,1-2H3,(H,29,35)(H,30,34)/t22-/m1/s1. The van der Waals surface area contributed by atoms with Crippen LogP contribution in [0.15, 0.2) is 65.8 Å². The Labute approximate surface area is 208 Å². The van der Waals surface area contributed by atoms with Gasteiger partial charge in [-0.2, -0.15) is 5.26 Å². The molecule has 0 aliphatic rings. The molecular formula is C27H27N5O4. The monoisotopic (exact) mass is 485 g/mol.